The standard InChI is InChI=1S/C18H25.C13H9.C8H8.2ClH.Zr/c1-12-3-13(2)17(4-12)11-18-8-14-5-15(9-18)7-16(6-14)10-18;1-3-7-12-10(5-1)9-11-6-2-4-8-13(11)12;1-2-8-6-4-3-5-7-8;;;/h4,12,14-16H,5-11H2,1-2H3;1-9H;3-7H,1H3;2*1H;/q;;;;;+2/p-2. The first-order valence-corrected chi connectivity index (χ1v) is 19.7. The Morgan fingerprint density at radius 2 is 1.24 bits per heavy atom. The molecule has 4 saturated carbocycles. The Morgan fingerprint density at radius 3 is 1.79 bits per heavy atom. The van der Waals surface area contributed by atoms with E-state index in [0.717, 1.165) is 17.8 Å². The van der Waals surface area contributed by atoms with Crippen molar-refractivity contribution in [3.05, 3.63) is 116 Å². The number of allylic oxidation sites excluding steroid dienone is 4. The number of rotatable bonds is 5. The van der Waals surface area contributed by atoms with E-state index in [0.29, 0.717) is 15.0 Å². The average Bonchev–Trinajstić information content (AvgIpc) is 3.42. The molecule has 6 aliphatic rings. The Morgan fingerprint density at radius 1 is 0.738 bits per heavy atom. The van der Waals surface area contributed by atoms with Gasteiger partial charge in [0.25, 0.3) is 0 Å². The van der Waals surface area contributed by atoms with E-state index < -0.39 is 21.3 Å². The molecule has 0 aliphatic heterocycles. The van der Waals surface area contributed by atoms with E-state index in [9.17, 15) is 0 Å². The summed E-state index contributed by atoms with van der Waals surface area (Å²) in [7, 11) is 0. The molecule has 3 aromatic rings. The predicted molar refractivity (Wildman–Crippen MR) is 165 cm³/mol. The van der Waals surface area contributed by atoms with E-state index in [1.165, 1.54) is 61.6 Å². The first-order chi connectivity index (χ1) is 19.5. The van der Waals surface area contributed by atoms with Crippen LogP contribution >= 0.6 is 0 Å². The second-order valence-corrected chi connectivity index (χ2v) is 20.7. The van der Waals surface area contributed by atoms with Crippen molar-refractivity contribution >= 4 is 3.21 Å². The van der Waals surface area contributed by atoms with Crippen molar-refractivity contribution in [3.8, 4) is 11.1 Å². The van der Waals surface area contributed by atoms with Crippen LogP contribution in [0.4, 0.5) is 0 Å². The van der Waals surface area contributed by atoms with Gasteiger partial charge in [0.1, 0.15) is 0 Å². The van der Waals surface area contributed by atoms with Crippen molar-refractivity contribution in [1.29, 1.82) is 0 Å². The quantitative estimate of drug-likeness (QED) is 0.384. The summed E-state index contributed by atoms with van der Waals surface area (Å²) in [6.07, 6.45) is 13.3. The van der Waals surface area contributed by atoms with Crippen LogP contribution in [0.15, 0.2) is 99.4 Å². The van der Waals surface area contributed by atoms with Crippen molar-refractivity contribution in [2.45, 2.75) is 69.3 Å². The third-order valence-corrected chi connectivity index (χ3v) is 20.7. The van der Waals surface area contributed by atoms with Crippen LogP contribution in [0.2, 0.25) is 0 Å². The minimum atomic E-state index is -2.46. The smallest absolute Gasteiger partial charge is 1.00 e. The molecule has 3 heteroatoms. The maximum Gasteiger partial charge on any atom is -1.00 e. The molecule has 0 aromatic heterocycles. The van der Waals surface area contributed by atoms with Gasteiger partial charge in [0.15, 0.2) is 0 Å². The van der Waals surface area contributed by atoms with Gasteiger partial charge in [-0.2, -0.15) is 0 Å². The van der Waals surface area contributed by atoms with Gasteiger partial charge in [-0.1, -0.05) is 0 Å². The number of halogens is 2. The molecule has 0 nitrogen and oxygen atoms in total. The molecule has 1 atom stereocenters. The second kappa shape index (κ2) is 11.8. The van der Waals surface area contributed by atoms with Crippen LogP contribution in [0.5, 0.6) is 0 Å². The van der Waals surface area contributed by atoms with Crippen molar-refractivity contribution in [3.63, 3.8) is 0 Å². The van der Waals surface area contributed by atoms with E-state index >= 15 is 0 Å². The minimum Gasteiger partial charge on any atom is -1.00 e. The zero-order valence-corrected chi connectivity index (χ0v) is 29.1. The van der Waals surface area contributed by atoms with Crippen molar-refractivity contribution in [2.24, 2.45) is 29.1 Å². The maximum atomic E-state index is 2.74. The van der Waals surface area contributed by atoms with Gasteiger partial charge in [-0.15, -0.1) is 0 Å². The van der Waals surface area contributed by atoms with E-state index in [1.54, 1.807) is 25.5 Å². The number of benzene rings is 3. The fourth-order valence-electron chi connectivity index (χ4n) is 10.5. The second-order valence-electron chi connectivity index (χ2n) is 14.1. The van der Waals surface area contributed by atoms with Crippen LogP contribution < -0.4 is 24.8 Å². The van der Waals surface area contributed by atoms with Crippen molar-refractivity contribution in [1.82, 2.24) is 0 Å². The molecule has 0 radical (unpaired) electrons. The SMILES string of the molecule is CC1=[C](/[Zr+2](=[C](\C)c2ccccc2)[CH]2c3ccccc3-c3ccccc32)C(C)C=C1CC12CC3CC(CC(C3)C1)C2.[Cl-].[Cl-]. The largest absolute Gasteiger partial charge is 1.00 e. The molecular weight excluding hydrogens is 631 g/mol. The van der Waals surface area contributed by atoms with Crippen LogP contribution in [0, 0.1) is 29.1 Å². The van der Waals surface area contributed by atoms with E-state index in [2.05, 4.69) is 106 Å². The molecular formula is C39H42Cl2Zr. The van der Waals surface area contributed by atoms with E-state index in [4.69, 9.17) is 0 Å². The van der Waals surface area contributed by atoms with Crippen molar-refractivity contribution < 1.29 is 46.1 Å². The summed E-state index contributed by atoms with van der Waals surface area (Å²) in [4.78, 5) is 0. The summed E-state index contributed by atoms with van der Waals surface area (Å²) in [5.41, 5.74) is 11.7. The number of fused-ring (bicyclic) bond motifs is 3. The zero-order chi connectivity index (χ0) is 27.0. The maximum absolute atomic E-state index is 2.74. The Hall–Kier alpha value is -1.53. The van der Waals surface area contributed by atoms with Crippen LogP contribution in [-0.4, -0.2) is 3.21 Å². The third-order valence-electron chi connectivity index (χ3n) is 11.5. The summed E-state index contributed by atoms with van der Waals surface area (Å²) >= 11 is -2.46. The monoisotopic (exact) mass is 670 g/mol. The molecule has 9 rings (SSSR count). The molecule has 0 heterocycles. The van der Waals surface area contributed by atoms with Crippen LogP contribution in [0.1, 0.15) is 86.0 Å². The summed E-state index contributed by atoms with van der Waals surface area (Å²) in [6, 6.07) is 30.1. The fourth-order valence-corrected chi connectivity index (χ4v) is 20.0. The zero-order valence-electron chi connectivity index (χ0n) is 25.2. The van der Waals surface area contributed by atoms with E-state index in [-0.39, 0.29) is 24.8 Å². The van der Waals surface area contributed by atoms with E-state index in [1.807, 2.05) is 3.28 Å². The molecule has 0 saturated heterocycles. The first kappa shape index (κ1) is 30.5. The van der Waals surface area contributed by atoms with Crippen LogP contribution in [-0.2, 0) is 21.3 Å². The summed E-state index contributed by atoms with van der Waals surface area (Å²) in [5, 5.41) is 0. The van der Waals surface area contributed by atoms with Gasteiger partial charge in [0.2, 0.25) is 0 Å². The molecule has 4 bridgehead atoms. The Bertz CT molecular complexity index is 1510. The molecule has 3 aromatic carbocycles. The Balaban J connectivity index is 0.00000158. The van der Waals surface area contributed by atoms with Gasteiger partial charge in [0.05, 0.1) is 0 Å². The number of hydrogen-bond donors (Lipinski definition) is 0. The van der Waals surface area contributed by atoms with Gasteiger partial charge in [-0.05, 0) is 0 Å². The predicted octanol–water partition coefficient (Wildman–Crippen LogP) is 4.08. The summed E-state index contributed by atoms with van der Waals surface area (Å²) in [6.45, 7) is 7.59. The molecule has 42 heavy (non-hydrogen) atoms. The van der Waals surface area contributed by atoms with Gasteiger partial charge in [0, 0.05) is 0 Å². The number of hydrogen-bond acceptors (Lipinski definition) is 0. The summed E-state index contributed by atoms with van der Waals surface area (Å²) < 4.78 is 4.14. The Labute approximate surface area is 273 Å². The molecule has 6 aliphatic carbocycles. The Kier molecular flexibility index (Phi) is 8.54. The molecule has 0 amide bonds. The van der Waals surface area contributed by atoms with Crippen LogP contribution in [0.25, 0.3) is 11.1 Å². The van der Waals surface area contributed by atoms with Gasteiger partial charge >= 0.3 is 250 Å². The first-order valence-electron chi connectivity index (χ1n) is 15.9. The van der Waals surface area contributed by atoms with Gasteiger partial charge in [-0.25, -0.2) is 0 Å². The summed E-state index contributed by atoms with van der Waals surface area (Å²) in [5.74, 6) is 3.65. The molecule has 0 N–H and O–H groups in total. The topological polar surface area (TPSA) is 0 Å². The fraction of sp³-hybridized carbons (Fsp3) is 0.410. The minimum absolute atomic E-state index is 0. The van der Waals surface area contributed by atoms with Gasteiger partial charge < -0.3 is 24.8 Å². The molecule has 0 spiro atoms. The molecule has 4 fully saturated rings. The average molecular weight is 673 g/mol. The van der Waals surface area contributed by atoms with Crippen LogP contribution in [0.3, 0.4) is 0 Å². The van der Waals surface area contributed by atoms with Gasteiger partial charge in [-0.3, -0.25) is 0 Å². The molecule has 1 unspecified atom stereocenters. The van der Waals surface area contributed by atoms with Crippen molar-refractivity contribution in [2.75, 3.05) is 0 Å². The molecule has 216 valence electrons. The third kappa shape index (κ3) is 4.95. The normalized spacial score (nSPS) is 28.9.